The summed E-state index contributed by atoms with van der Waals surface area (Å²) in [7, 11) is 1.33. The van der Waals surface area contributed by atoms with Crippen molar-refractivity contribution in [1.82, 2.24) is 9.55 Å². The molecule has 1 aromatic heterocycles. The van der Waals surface area contributed by atoms with Crippen molar-refractivity contribution in [3.05, 3.63) is 53.3 Å². The van der Waals surface area contributed by atoms with Crippen LogP contribution in [0.5, 0.6) is 11.5 Å². The molecule has 2 aromatic carbocycles. The number of hydrogen-bond donors (Lipinski definition) is 0. The van der Waals surface area contributed by atoms with Crippen molar-refractivity contribution in [3.63, 3.8) is 0 Å². The smallest absolute Gasteiger partial charge is 0.465 e. The molecule has 6 nitrogen and oxygen atoms in total. The van der Waals surface area contributed by atoms with E-state index in [1.165, 1.54) is 13.2 Å². The highest BCUT2D eigenvalue weighted by Gasteiger charge is 2.44. The van der Waals surface area contributed by atoms with E-state index in [1.54, 1.807) is 24.3 Å². The lowest BCUT2D eigenvalue weighted by molar-refractivity contribution is -0.286. The lowest BCUT2D eigenvalue weighted by Gasteiger charge is -2.25. The number of rotatable bonds is 4. The topological polar surface area (TPSA) is 62.6 Å². The van der Waals surface area contributed by atoms with Gasteiger partial charge >= 0.3 is 12.3 Å². The van der Waals surface area contributed by atoms with E-state index in [4.69, 9.17) is 14.5 Å². The number of imidazole rings is 1. The van der Waals surface area contributed by atoms with Gasteiger partial charge in [-0.2, -0.15) is 0 Å². The molecule has 5 rings (SSSR count). The molecule has 2 aliphatic rings. The number of methoxy groups -OCH3 is 1. The van der Waals surface area contributed by atoms with Crippen LogP contribution in [0.25, 0.3) is 11.0 Å². The molecular formula is C21H18F2N2O4. The van der Waals surface area contributed by atoms with Crippen LogP contribution in [0.3, 0.4) is 0 Å². The number of alkyl halides is 2. The van der Waals surface area contributed by atoms with E-state index in [2.05, 4.69) is 4.74 Å². The van der Waals surface area contributed by atoms with Gasteiger partial charge in [0.05, 0.1) is 30.3 Å². The summed E-state index contributed by atoms with van der Waals surface area (Å²) in [4.78, 5) is 16.6. The molecule has 0 atom stereocenters. The summed E-state index contributed by atoms with van der Waals surface area (Å²) in [5.41, 5.74) is 2.49. The SMILES string of the molecule is COC(=O)c1ccc2c(c1)nc(C1CCC1)n2Cc1cccc2c1OC(F)(F)O2. The predicted octanol–water partition coefficient (Wildman–Crippen LogP) is 4.46. The molecule has 0 amide bonds. The van der Waals surface area contributed by atoms with Crippen molar-refractivity contribution in [2.45, 2.75) is 38.0 Å². The van der Waals surface area contributed by atoms with Gasteiger partial charge in [-0.3, -0.25) is 0 Å². The van der Waals surface area contributed by atoms with Crippen LogP contribution >= 0.6 is 0 Å². The van der Waals surface area contributed by atoms with Crippen LogP contribution in [0.1, 0.15) is 46.9 Å². The van der Waals surface area contributed by atoms with Crippen LogP contribution in [0.15, 0.2) is 36.4 Å². The lowest BCUT2D eigenvalue weighted by Crippen LogP contribution is -2.26. The van der Waals surface area contributed by atoms with Gasteiger partial charge in [0.2, 0.25) is 0 Å². The molecule has 0 unspecified atom stereocenters. The standard InChI is InChI=1S/C21H18F2N2O4/c1-27-20(26)13-8-9-16-15(10-13)24-19(12-4-2-5-12)25(16)11-14-6-3-7-17-18(14)29-21(22,23)28-17/h3,6-10,12H,2,4-5,11H2,1H3. The average molecular weight is 400 g/mol. The molecule has 0 radical (unpaired) electrons. The van der Waals surface area contributed by atoms with Crippen molar-refractivity contribution in [2.24, 2.45) is 0 Å². The highest BCUT2D eigenvalue weighted by atomic mass is 19.3. The van der Waals surface area contributed by atoms with Crippen LogP contribution in [0, 0.1) is 0 Å². The number of hydrogen-bond acceptors (Lipinski definition) is 5. The van der Waals surface area contributed by atoms with E-state index < -0.39 is 12.3 Å². The Bertz CT molecular complexity index is 1120. The molecule has 1 aliphatic heterocycles. The Morgan fingerprint density at radius 3 is 2.83 bits per heavy atom. The summed E-state index contributed by atoms with van der Waals surface area (Å²) >= 11 is 0. The van der Waals surface area contributed by atoms with Crippen LogP contribution < -0.4 is 9.47 Å². The van der Waals surface area contributed by atoms with E-state index >= 15 is 0 Å². The molecular weight excluding hydrogens is 382 g/mol. The van der Waals surface area contributed by atoms with Gasteiger partial charge in [0.1, 0.15) is 5.82 Å². The minimum absolute atomic E-state index is 0.0232. The summed E-state index contributed by atoms with van der Waals surface area (Å²) in [6.07, 6.45) is -0.484. The Morgan fingerprint density at radius 2 is 2.10 bits per heavy atom. The summed E-state index contributed by atoms with van der Waals surface area (Å²) in [5, 5.41) is 0. The van der Waals surface area contributed by atoms with Gasteiger partial charge in [-0.15, -0.1) is 8.78 Å². The number of benzene rings is 2. The molecule has 1 saturated carbocycles. The summed E-state index contributed by atoms with van der Waals surface area (Å²) in [5.74, 6) is 0.830. The molecule has 150 valence electrons. The minimum atomic E-state index is -3.67. The fourth-order valence-electron chi connectivity index (χ4n) is 3.86. The third-order valence-corrected chi connectivity index (χ3v) is 5.51. The van der Waals surface area contributed by atoms with E-state index in [0.29, 0.717) is 29.1 Å². The Balaban J connectivity index is 1.60. The lowest BCUT2D eigenvalue weighted by atomic mass is 9.85. The fraction of sp³-hybridized carbons (Fsp3) is 0.333. The fourth-order valence-corrected chi connectivity index (χ4v) is 3.86. The van der Waals surface area contributed by atoms with Crippen LogP contribution in [0.2, 0.25) is 0 Å². The zero-order chi connectivity index (χ0) is 20.2. The van der Waals surface area contributed by atoms with Crippen molar-refractivity contribution in [2.75, 3.05) is 7.11 Å². The maximum Gasteiger partial charge on any atom is 0.586 e. The highest BCUT2D eigenvalue weighted by molar-refractivity contribution is 5.93. The quantitative estimate of drug-likeness (QED) is 0.605. The first-order valence-corrected chi connectivity index (χ1v) is 9.41. The first-order chi connectivity index (χ1) is 13.9. The molecule has 29 heavy (non-hydrogen) atoms. The molecule has 0 N–H and O–H groups in total. The minimum Gasteiger partial charge on any atom is -0.465 e. The molecule has 0 saturated heterocycles. The van der Waals surface area contributed by atoms with Crippen LogP contribution in [-0.4, -0.2) is 28.9 Å². The second-order valence-electron chi connectivity index (χ2n) is 7.29. The van der Waals surface area contributed by atoms with Gasteiger partial charge < -0.3 is 18.8 Å². The molecule has 2 heterocycles. The maximum absolute atomic E-state index is 13.6. The molecule has 8 heteroatoms. The monoisotopic (exact) mass is 400 g/mol. The number of ether oxygens (including phenoxy) is 3. The first-order valence-electron chi connectivity index (χ1n) is 9.41. The van der Waals surface area contributed by atoms with E-state index in [-0.39, 0.29) is 11.5 Å². The Labute approximate surface area is 165 Å². The second-order valence-corrected chi connectivity index (χ2v) is 7.29. The number of carbonyl (C=O) groups excluding carboxylic acids is 1. The predicted molar refractivity (Wildman–Crippen MR) is 99.4 cm³/mol. The van der Waals surface area contributed by atoms with Gasteiger partial charge in [0.25, 0.3) is 0 Å². The Hall–Kier alpha value is -3.16. The van der Waals surface area contributed by atoms with Crippen LogP contribution in [0.4, 0.5) is 8.78 Å². The summed E-state index contributed by atoms with van der Waals surface area (Å²) < 4.78 is 43.3. The third-order valence-electron chi connectivity index (χ3n) is 5.51. The summed E-state index contributed by atoms with van der Waals surface area (Å²) in [6.45, 7) is 0.308. The molecule has 1 aliphatic carbocycles. The largest absolute Gasteiger partial charge is 0.586 e. The van der Waals surface area contributed by atoms with Crippen molar-refractivity contribution < 1.29 is 27.8 Å². The highest BCUT2D eigenvalue weighted by Crippen LogP contribution is 2.44. The molecule has 1 fully saturated rings. The maximum atomic E-state index is 13.6. The number of fused-ring (bicyclic) bond motifs is 2. The number of nitrogens with zero attached hydrogens (tertiary/aromatic N) is 2. The normalized spacial score (nSPS) is 17.3. The molecule has 0 spiro atoms. The number of esters is 1. The van der Waals surface area contributed by atoms with Gasteiger partial charge in [-0.05, 0) is 37.1 Å². The van der Waals surface area contributed by atoms with Crippen molar-refractivity contribution in [1.29, 1.82) is 0 Å². The third kappa shape index (κ3) is 2.99. The second kappa shape index (κ2) is 6.43. The van der Waals surface area contributed by atoms with Gasteiger partial charge in [-0.1, -0.05) is 18.6 Å². The average Bonchev–Trinajstić information content (AvgIpc) is 3.16. The van der Waals surface area contributed by atoms with Gasteiger partial charge in [0.15, 0.2) is 11.5 Å². The number of para-hydroxylation sites is 1. The number of carbonyl (C=O) groups is 1. The first kappa shape index (κ1) is 17.9. The zero-order valence-corrected chi connectivity index (χ0v) is 15.7. The number of halogens is 2. The van der Waals surface area contributed by atoms with E-state index in [9.17, 15) is 13.6 Å². The van der Waals surface area contributed by atoms with Crippen molar-refractivity contribution >= 4 is 17.0 Å². The summed E-state index contributed by atoms with van der Waals surface area (Å²) in [6, 6.07) is 10.1. The van der Waals surface area contributed by atoms with E-state index in [0.717, 1.165) is 30.6 Å². The van der Waals surface area contributed by atoms with Gasteiger partial charge in [0, 0.05) is 11.5 Å². The Kier molecular flexibility index (Phi) is 3.97. The van der Waals surface area contributed by atoms with Gasteiger partial charge in [-0.25, -0.2) is 9.78 Å². The molecule has 0 bridgehead atoms. The van der Waals surface area contributed by atoms with Crippen molar-refractivity contribution in [3.8, 4) is 11.5 Å². The van der Waals surface area contributed by atoms with Crippen LogP contribution in [-0.2, 0) is 11.3 Å². The van der Waals surface area contributed by atoms with E-state index in [1.807, 2.05) is 10.6 Å². The Morgan fingerprint density at radius 1 is 1.28 bits per heavy atom. The number of aromatic nitrogens is 2. The zero-order valence-electron chi connectivity index (χ0n) is 15.7. The molecule has 3 aromatic rings.